The lowest BCUT2D eigenvalue weighted by Crippen LogP contribution is -2.31. The van der Waals surface area contributed by atoms with Crippen molar-refractivity contribution in [2.24, 2.45) is 0 Å². The van der Waals surface area contributed by atoms with Crippen molar-refractivity contribution in [3.63, 3.8) is 0 Å². The Balaban J connectivity index is 1.98. The number of allylic oxidation sites excluding steroid dienone is 10. The van der Waals surface area contributed by atoms with Crippen LogP contribution in [0.2, 0.25) is 0 Å². The zero-order valence-electron chi connectivity index (χ0n) is 25.3. The third-order valence-corrected chi connectivity index (χ3v) is 7.17. The summed E-state index contributed by atoms with van der Waals surface area (Å²) >= 11 is 12.9. The molecule has 2 heterocycles. The predicted molar refractivity (Wildman–Crippen MR) is 175 cm³/mol. The zero-order chi connectivity index (χ0) is 32.8. The molecule has 4 atom stereocenters. The summed E-state index contributed by atoms with van der Waals surface area (Å²) < 4.78 is 50.2. The number of hydrogen-bond acceptors (Lipinski definition) is 5. The lowest BCUT2D eigenvalue weighted by atomic mass is 10.0. The first kappa shape index (κ1) is 36.0. The Morgan fingerprint density at radius 2 is 2.09 bits per heavy atom. The van der Waals surface area contributed by atoms with E-state index in [1.807, 2.05) is 61.7 Å². The molecule has 2 N–H and O–H groups in total. The van der Waals surface area contributed by atoms with Crippen LogP contribution in [0.15, 0.2) is 90.8 Å². The molecule has 0 fully saturated rings. The second-order valence-corrected chi connectivity index (χ2v) is 11.3. The van der Waals surface area contributed by atoms with Gasteiger partial charge in [0.2, 0.25) is 11.8 Å². The molecule has 244 valence electrons. The van der Waals surface area contributed by atoms with Crippen molar-refractivity contribution in [1.29, 1.82) is 0 Å². The minimum atomic E-state index is -4.74. The highest BCUT2D eigenvalue weighted by atomic mass is 35.5. The quantitative estimate of drug-likeness (QED) is 0.165. The van der Waals surface area contributed by atoms with E-state index in [0.717, 1.165) is 11.3 Å². The number of carbonyl (C=O) groups excluding carboxylic acids is 1. The summed E-state index contributed by atoms with van der Waals surface area (Å²) in [5.41, 5.74) is 2.17. The third kappa shape index (κ3) is 12.8. The monoisotopic (exact) mass is 666 g/mol. The Bertz CT molecular complexity index is 1380. The summed E-state index contributed by atoms with van der Waals surface area (Å²) in [6.07, 6.45) is 18.8. The molecular weight excluding hydrogens is 628 g/mol. The predicted octanol–water partition coefficient (Wildman–Crippen LogP) is 7.95. The summed E-state index contributed by atoms with van der Waals surface area (Å²) in [6.45, 7) is 7.53. The first-order chi connectivity index (χ1) is 21.5. The fraction of sp³-hybridized carbons (Fsp3) is 0.394. The largest absolute Gasteiger partial charge is 0.523 e. The summed E-state index contributed by atoms with van der Waals surface area (Å²) in [5.74, 6) is 0.232. The lowest BCUT2D eigenvalue weighted by molar-refractivity contribution is -0.334. The van der Waals surface area contributed by atoms with Gasteiger partial charge in [0.1, 0.15) is 6.10 Å². The van der Waals surface area contributed by atoms with Crippen molar-refractivity contribution in [3.8, 4) is 5.88 Å². The van der Waals surface area contributed by atoms with Gasteiger partial charge >= 0.3 is 6.36 Å². The molecule has 1 amide bonds. The van der Waals surface area contributed by atoms with Crippen molar-refractivity contribution in [2.75, 3.05) is 6.54 Å². The Kier molecular flexibility index (Phi) is 14.3. The van der Waals surface area contributed by atoms with Crippen molar-refractivity contribution in [1.82, 2.24) is 20.4 Å². The second kappa shape index (κ2) is 17.9. The van der Waals surface area contributed by atoms with Crippen LogP contribution in [0, 0.1) is 0 Å². The Hall–Kier alpha value is -3.47. The maximum absolute atomic E-state index is 12.7. The van der Waals surface area contributed by atoms with E-state index in [-0.39, 0.29) is 24.8 Å². The number of carbonyl (C=O) groups is 1. The van der Waals surface area contributed by atoms with E-state index in [0.29, 0.717) is 42.3 Å². The maximum atomic E-state index is 12.7. The summed E-state index contributed by atoms with van der Waals surface area (Å²) in [7, 11) is 0. The molecule has 4 unspecified atom stereocenters. The molecule has 7 nitrogen and oxygen atoms in total. The molecule has 0 radical (unpaired) electrons. The lowest BCUT2D eigenvalue weighted by Gasteiger charge is -2.13. The number of rotatable bonds is 13. The molecule has 1 aromatic rings. The van der Waals surface area contributed by atoms with Crippen LogP contribution in [0.4, 0.5) is 13.2 Å². The van der Waals surface area contributed by atoms with Crippen LogP contribution in [-0.2, 0) is 9.53 Å². The number of nitrogens with one attached hydrogen (secondary N) is 2. The zero-order valence-corrected chi connectivity index (χ0v) is 26.8. The average Bonchev–Trinajstić information content (AvgIpc) is 3.28. The SMILES string of the molecule is C=CC/C=C(\C/C=C\C(C)OC(F)(F)F)c1cn(/C2=C/C(Cl)/C=C/C/C(Cl)=C\C2)nc1OC1C=CNC(CC(=O)NCC)C=C1. The number of nitrogens with zero attached hydrogens (tertiary/aromatic N) is 2. The van der Waals surface area contributed by atoms with E-state index in [9.17, 15) is 18.0 Å². The number of amides is 1. The molecule has 0 saturated heterocycles. The third-order valence-electron chi connectivity index (χ3n) is 6.59. The van der Waals surface area contributed by atoms with Crippen molar-refractivity contribution < 1.29 is 27.4 Å². The first-order valence-electron chi connectivity index (χ1n) is 14.7. The van der Waals surface area contributed by atoms with E-state index in [1.165, 1.54) is 13.0 Å². The van der Waals surface area contributed by atoms with Crippen LogP contribution in [-0.4, -0.2) is 52.2 Å². The highest BCUT2D eigenvalue weighted by Gasteiger charge is 2.31. The van der Waals surface area contributed by atoms with Gasteiger partial charge < -0.3 is 15.4 Å². The van der Waals surface area contributed by atoms with Gasteiger partial charge in [-0.2, -0.15) is 0 Å². The van der Waals surface area contributed by atoms with Crippen LogP contribution in [0.5, 0.6) is 5.88 Å². The molecule has 1 aliphatic carbocycles. The molecule has 0 saturated carbocycles. The number of aromatic nitrogens is 2. The molecule has 3 rings (SSSR count). The minimum absolute atomic E-state index is 0.0710. The van der Waals surface area contributed by atoms with Gasteiger partial charge in [-0.1, -0.05) is 60.2 Å². The van der Waals surface area contributed by atoms with E-state index < -0.39 is 23.9 Å². The fourth-order valence-electron chi connectivity index (χ4n) is 4.51. The Morgan fingerprint density at radius 3 is 2.82 bits per heavy atom. The average molecular weight is 668 g/mol. The van der Waals surface area contributed by atoms with E-state index in [2.05, 4.69) is 21.9 Å². The molecule has 2 aliphatic rings. The number of alkyl halides is 4. The van der Waals surface area contributed by atoms with Gasteiger partial charge in [0.25, 0.3) is 0 Å². The van der Waals surface area contributed by atoms with Crippen molar-refractivity contribution in [3.05, 3.63) is 96.4 Å². The van der Waals surface area contributed by atoms with Crippen molar-refractivity contribution >= 4 is 40.4 Å². The van der Waals surface area contributed by atoms with Gasteiger partial charge in [0.05, 0.1) is 29.5 Å². The second-order valence-electron chi connectivity index (χ2n) is 10.3. The van der Waals surface area contributed by atoms with Gasteiger partial charge in [-0.15, -0.1) is 36.4 Å². The van der Waals surface area contributed by atoms with Crippen LogP contribution >= 0.6 is 23.2 Å². The summed E-state index contributed by atoms with van der Waals surface area (Å²) in [6, 6.07) is -0.221. The highest BCUT2D eigenvalue weighted by molar-refractivity contribution is 6.29. The number of hydrogen-bond donors (Lipinski definition) is 2. The first-order valence-corrected chi connectivity index (χ1v) is 15.5. The highest BCUT2D eigenvalue weighted by Crippen LogP contribution is 2.32. The smallest absolute Gasteiger partial charge is 0.464 e. The molecule has 45 heavy (non-hydrogen) atoms. The topological polar surface area (TPSA) is 77.4 Å². The van der Waals surface area contributed by atoms with Gasteiger partial charge in [-0.3, -0.25) is 9.53 Å². The Morgan fingerprint density at radius 1 is 1.29 bits per heavy atom. The van der Waals surface area contributed by atoms with Gasteiger partial charge in [-0.05, 0) is 56.7 Å². The molecule has 0 bridgehead atoms. The van der Waals surface area contributed by atoms with Crippen molar-refractivity contribution in [2.45, 2.75) is 75.9 Å². The normalized spacial score (nSPS) is 24.6. The fourth-order valence-corrected chi connectivity index (χ4v) is 4.92. The van der Waals surface area contributed by atoms with E-state index >= 15 is 0 Å². The molecule has 1 aromatic heterocycles. The van der Waals surface area contributed by atoms with E-state index in [1.54, 1.807) is 23.0 Å². The summed E-state index contributed by atoms with van der Waals surface area (Å²) in [5, 5.41) is 11.0. The maximum Gasteiger partial charge on any atom is 0.523 e. The van der Waals surface area contributed by atoms with Crippen LogP contribution in [0.3, 0.4) is 0 Å². The molecule has 0 spiro atoms. The van der Waals surface area contributed by atoms with Crippen LogP contribution in [0.1, 0.15) is 51.5 Å². The molecule has 0 aromatic carbocycles. The minimum Gasteiger partial charge on any atom is -0.464 e. The molecule has 1 aliphatic heterocycles. The van der Waals surface area contributed by atoms with Gasteiger partial charge in [-0.25, -0.2) is 4.68 Å². The Labute approximate surface area is 272 Å². The number of halogens is 5. The molecule has 12 heteroatoms. The molecular formula is C33H39Cl2F3N4O3. The van der Waals surface area contributed by atoms with Gasteiger partial charge in [0.15, 0.2) is 0 Å². The standard InChI is InChI=1S/C33H39Cl2F3N4O3/c1-4-6-10-24(11-7-9-23(3)45-33(36,37)38)30-22-42(28-16-14-25(34)12-8-13-26(35)20-28)41-32(30)44-29-17-15-27(40-19-18-29)21-31(43)39-5-2/h4,7-10,13-15,17-20,22-23,26-27,29,40H,1,5-6,11-12,16,21H2,2-3H3,(H,39,43)/b9-7-,13-8+,24-10+,25-14+,28-20+. The number of ether oxygens (including phenoxy) is 2. The summed E-state index contributed by atoms with van der Waals surface area (Å²) in [4.78, 5) is 12.1. The van der Waals surface area contributed by atoms with Crippen LogP contribution in [0.25, 0.3) is 11.3 Å². The van der Waals surface area contributed by atoms with Gasteiger partial charge in [0, 0.05) is 36.3 Å². The van der Waals surface area contributed by atoms with E-state index in [4.69, 9.17) is 33.0 Å². The van der Waals surface area contributed by atoms with Crippen LogP contribution < -0.4 is 15.4 Å².